The molecule has 0 saturated heterocycles. The van der Waals surface area contributed by atoms with Crippen LogP contribution in [0.4, 0.5) is 0 Å². The Kier molecular flexibility index (Phi) is 2.28. The third-order valence-corrected chi connectivity index (χ3v) is 1.95. The summed E-state index contributed by atoms with van der Waals surface area (Å²) in [5, 5.41) is 0. The van der Waals surface area contributed by atoms with Gasteiger partial charge in [-0.1, -0.05) is 25.2 Å². The highest BCUT2D eigenvalue weighted by atomic mass is 16.5. The van der Waals surface area contributed by atoms with E-state index in [9.17, 15) is 0 Å². The first-order valence-corrected chi connectivity index (χ1v) is 3.63. The van der Waals surface area contributed by atoms with E-state index in [1.165, 1.54) is 5.57 Å². The van der Waals surface area contributed by atoms with Crippen molar-refractivity contribution in [3.8, 4) is 0 Å². The van der Waals surface area contributed by atoms with Crippen molar-refractivity contribution in [1.82, 2.24) is 0 Å². The molecule has 10 heavy (non-hydrogen) atoms. The first-order chi connectivity index (χ1) is 4.75. The van der Waals surface area contributed by atoms with Crippen LogP contribution in [0.15, 0.2) is 23.8 Å². The molecule has 0 spiro atoms. The molecule has 56 valence electrons. The SMILES string of the molecule is COC1C(C)=CC=CC1C. The maximum absolute atomic E-state index is 5.30. The van der Waals surface area contributed by atoms with Crippen molar-refractivity contribution in [3.05, 3.63) is 23.8 Å². The van der Waals surface area contributed by atoms with Crippen LogP contribution in [-0.2, 0) is 4.74 Å². The summed E-state index contributed by atoms with van der Waals surface area (Å²) in [5.41, 5.74) is 1.32. The van der Waals surface area contributed by atoms with Gasteiger partial charge in [0.1, 0.15) is 0 Å². The highest BCUT2D eigenvalue weighted by Gasteiger charge is 2.17. The van der Waals surface area contributed by atoms with Gasteiger partial charge in [-0.3, -0.25) is 0 Å². The summed E-state index contributed by atoms with van der Waals surface area (Å²) in [4.78, 5) is 0. The monoisotopic (exact) mass is 138 g/mol. The lowest BCUT2D eigenvalue weighted by atomic mass is 9.93. The number of methoxy groups -OCH3 is 1. The minimum Gasteiger partial charge on any atom is -0.377 e. The van der Waals surface area contributed by atoms with Crippen LogP contribution in [0.2, 0.25) is 0 Å². The van der Waals surface area contributed by atoms with Crippen molar-refractivity contribution in [2.24, 2.45) is 5.92 Å². The lowest BCUT2D eigenvalue weighted by Crippen LogP contribution is -2.21. The summed E-state index contributed by atoms with van der Waals surface area (Å²) in [6.45, 7) is 4.27. The summed E-state index contributed by atoms with van der Waals surface area (Å²) < 4.78 is 5.30. The molecule has 0 bridgehead atoms. The molecule has 1 nitrogen and oxygen atoms in total. The molecule has 2 atom stereocenters. The zero-order valence-electron chi connectivity index (χ0n) is 6.79. The fraction of sp³-hybridized carbons (Fsp3) is 0.556. The lowest BCUT2D eigenvalue weighted by Gasteiger charge is -2.23. The molecule has 0 aromatic heterocycles. The predicted molar refractivity (Wildman–Crippen MR) is 42.9 cm³/mol. The molecule has 0 N–H and O–H groups in total. The molecular formula is C9H14O. The Morgan fingerprint density at radius 3 is 2.60 bits per heavy atom. The second-order valence-corrected chi connectivity index (χ2v) is 2.81. The van der Waals surface area contributed by atoms with Crippen molar-refractivity contribution < 1.29 is 4.74 Å². The maximum Gasteiger partial charge on any atom is 0.0841 e. The first-order valence-electron chi connectivity index (χ1n) is 3.63. The molecule has 0 fully saturated rings. The molecule has 1 aliphatic rings. The van der Waals surface area contributed by atoms with Gasteiger partial charge in [-0.25, -0.2) is 0 Å². The number of rotatable bonds is 1. The van der Waals surface area contributed by atoms with Gasteiger partial charge in [0.15, 0.2) is 0 Å². The zero-order valence-corrected chi connectivity index (χ0v) is 6.79. The molecule has 1 aliphatic carbocycles. The van der Waals surface area contributed by atoms with Gasteiger partial charge in [0.05, 0.1) is 6.10 Å². The van der Waals surface area contributed by atoms with Gasteiger partial charge in [0, 0.05) is 13.0 Å². The molecule has 0 aromatic carbocycles. The van der Waals surface area contributed by atoms with Crippen LogP contribution in [0.25, 0.3) is 0 Å². The Bertz CT molecular complexity index is 168. The Morgan fingerprint density at radius 1 is 1.50 bits per heavy atom. The topological polar surface area (TPSA) is 9.23 Å². The molecule has 0 aliphatic heterocycles. The number of allylic oxidation sites excluding steroid dienone is 2. The van der Waals surface area contributed by atoms with Crippen molar-refractivity contribution in [3.63, 3.8) is 0 Å². The van der Waals surface area contributed by atoms with E-state index in [-0.39, 0.29) is 0 Å². The maximum atomic E-state index is 5.30. The summed E-state index contributed by atoms with van der Waals surface area (Å²) >= 11 is 0. The van der Waals surface area contributed by atoms with E-state index in [0.717, 1.165) is 0 Å². The minimum atomic E-state index is 0.296. The van der Waals surface area contributed by atoms with Gasteiger partial charge in [0.25, 0.3) is 0 Å². The average molecular weight is 138 g/mol. The van der Waals surface area contributed by atoms with E-state index in [1.54, 1.807) is 7.11 Å². The van der Waals surface area contributed by atoms with Crippen molar-refractivity contribution in [1.29, 1.82) is 0 Å². The molecule has 2 unspecified atom stereocenters. The van der Waals surface area contributed by atoms with E-state index in [2.05, 4.69) is 32.1 Å². The van der Waals surface area contributed by atoms with E-state index in [1.807, 2.05) is 0 Å². The van der Waals surface area contributed by atoms with Crippen LogP contribution >= 0.6 is 0 Å². The summed E-state index contributed by atoms with van der Waals surface area (Å²) in [6, 6.07) is 0. The Labute approximate surface area is 62.4 Å². The summed E-state index contributed by atoms with van der Waals surface area (Å²) in [6.07, 6.45) is 6.66. The van der Waals surface area contributed by atoms with Gasteiger partial charge in [-0.15, -0.1) is 0 Å². The van der Waals surface area contributed by atoms with Crippen LogP contribution in [0.1, 0.15) is 13.8 Å². The molecule has 0 heterocycles. The molecule has 0 saturated carbocycles. The van der Waals surface area contributed by atoms with Gasteiger partial charge in [-0.05, 0) is 12.5 Å². The highest BCUT2D eigenvalue weighted by molar-refractivity contribution is 5.22. The summed E-state index contributed by atoms with van der Waals surface area (Å²) in [5.74, 6) is 0.523. The third-order valence-electron chi connectivity index (χ3n) is 1.95. The Morgan fingerprint density at radius 2 is 2.20 bits per heavy atom. The minimum absolute atomic E-state index is 0.296. The smallest absolute Gasteiger partial charge is 0.0841 e. The Balaban J connectivity index is 2.71. The second-order valence-electron chi connectivity index (χ2n) is 2.81. The summed E-state index contributed by atoms with van der Waals surface area (Å²) in [7, 11) is 1.76. The number of hydrogen-bond donors (Lipinski definition) is 0. The number of ether oxygens (including phenoxy) is 1. The molecule has 1 heteroatoms. The third kappa shape index (κ3) is 1.29. The van der Waals surface area contributed by atoms with E-state index in [0.29, 0.717) is 12.0 Å². The van der Waals surface area contributed by atoms with Crippen molar-refractivity contribution >= 4 is 0 Å². The average Bonchev–Trinajstić information content (AvgIpc) is 1.88. The molecule has 0 radical (unpaired) electrons. The van der Waals surface area contributed by atoms with E-state index < -0.39 is 0 Å². The van der Waals surface area contributed by atoms with Crippen LogP contribution in [0.5, 0.6) is 0 Å². The molecule has 1 rings (SSSR count). The first kappa shape index (κ1) is 7.55. The lowest BCUT2D eigenvalue weighted by molar-refractivity contribution is 0.102. The number of hydrogen-bond acceptors (Lipinski definition) is 1. The zero-order chi connectivity index (χ0) is 7.56. The van der Waals surface area contributed by atoms with Crippen LogP contribution in [0.3, 0.4) is 0 Å². The van der Waals surface area contributed by atoms with Crippen LogP contribution < -0.4 is 0 Å². The predicted octanol–water partition coefficient (Wildman–Crippen LogP) is 2.15. The largest absolute Gasteiger partial charge is 0.377 e. The van der Waals surface area contributed by atoms with E-state index >= 15 is 0 Å². The van der Waals surface area contributed by atoms with Crippen molar-refractivity contribution in [2.45, 2.75) is 20.0 Å². The van der Waals surface area contributed by atoms with Gasteiger partial charge >= 0.3 is 0 Å². The second kappa shape index (κ2) is 3.02. The van der Waals surface area contributed by atoms with Gasteiger partial charge in [-0.2, -0.15) is 0 Å². The van der Waals surface area contributed by atoms with Crippen molar-refractivity contribution in [2.75, 3.05) is 7.11 Å². The van der Waals surface area contributed by atoms with E-state index in [4.69, 9.17) is 4.74 Å². The van der Waals surface area contributed by atoms with Gasteiger partial charge < -0.3 is 4.74 Å². The van der Waals surface area contributed by atoms with Crippen LogP contribution in [-0.4, -0.2) is 13.2 Å². The quantitative estimate of drug-likeness (QED) is 0.539. The standard InChI is InChI=1S/C9H14O/c1-7-5-4-6-8(2)9(7)10-3/h4-7,9H,1-3H3. The molecule has 0 amide bonds. The van der Waals surface area contributed by atoms with Crippen LogP contribution in [0, 0.1) is 5.92 Å². The molecular weight excluding hydrogens is 124 g/mol. The van der Waals surface area contributed by atoms with Gasteiger partial charge in [0.2, 0.25) is 0 Å². The fourth-order valence-corrected chi connectivity index (χ4v) is 1.39. The Hall–Kier alpha value is -0.560. The molecule has 0 aromatic rings. The highest BCUT2D eigenvalue weighted by Crippen LogP contribution is 2.20. The fourth-order valence-electron chi connectivity index (χ4n) is 1.39. The normalized spacial score (nSPS) is 32.1.